The van der Waals surface area contributed by atoms with Crippen LogP contribution in [0.1, 0.15) is 19.3 Å². The number of rotatable bonds is 9. The molecule has 0 spiro atoms. The molecule has 0 aromatic heterocycles. The fourth-order valence-electron chi connectivity index (χ4n) is 1.05. The van der Waals surface area contributed by atoms with Crippen molar-refractivity contribution < 1.29 is 19.1 Å². The third-order valence-electron chi connectivity index (χ3n) is 2.08. The van der Waals surface area contributed by atoms with Gasteiger partial charge in [-0.1, -0.05) is 19.6 Å². The van der Waals surface area contributed by atoms with Crippen molar-refractivity contribution in [2.24, 2.45) is 0 Å². The van der Waals surface area contributed by atoms with Crippen LogP contribution in [-0.2, 0) is 19.1 Å². The summed E-state index contributed by atoms with van der Waals surface area (Å²) in [6.07, 6.45) is 1.83. The summed E-state index contributed by atoms with van der Waals surface area (Å²) < 4.78 is 9.62. The van der Waals surface area contributed by atoms with Crippen LogP contribution in [-0.4, -0.2) is 33.7 Å². The molecular weight excluding hydrogens is 224 g/mol. The van der Waals surface area contributed by atoms with Crippen molar-refractivity contribution in [2.45, 2.75) is 44.9 Å². The van der Waals surface area contributed by atoms with Crippen molar-refractivity contribution in [3.63, 3.8) is 0 Å². The fraction of sp³-hybridized carbons (Fsp3) is 0.818. The molecule has 0 fully saturated rings. The molecule has 0 unspecified atom stereocenters. The van der Waals surface area contributed by atoms with Crippen molar-refractivity contribution in [3.05, 3.63) is 0 Å². The zero-order chi connectivity index (χ0) is 12.4. The van der Waals surface area contributed by atoms with Gasteiger partial charge in [-0.25, -0.2) is 0 Å². The van der Waals surface area contributed by atoms with Crippen LogP contribution >= 0.6 is 0 Å². The quantitative estimate of drug-likeness (QED) is 0.271. The Bertz CT molecular complexity index is 211. The second-order valence-corrected chi connectivity index (χ2v) is 10.6. The maximum Gasteiger partial charge on any atom is 0.305 e. The number of hydrogen-bond donors (Lipinski definition) is 0. The normalized spacial score (nSPS) is 10.9. The van der Waals surface area contributed by atoms with Crippen LogP contribution in [0.5, 0.6) is 0 Å². The summed E-state index contributed by atoms with van der Waals surface area (Å²) in [5.74, 6) is -0.149. The van der Waals surface area contributed by atoms with E-state index >= 15 is 0 Å². The van der Waals surface area contributed by atoms with E-state index in [1.54, 1.807) is 0 Å². The molecule has 0 radical (unpaired) electrons. The lowest BCUT2D eigenvalue weighted by atomic mass is 10.2. The number of carbonyl (C=O) groups excluding carboxylic acids is 2. The van der Waals surface area contributed by atoms with E-state index in [0.29, 0.717) is 38.9 Å². The summed E-state index contributed by atoms with van der Waals surface area (Å²) >= 11 is 0. The Balaban J connectivity index is 3.35. The summed E-state index contributed by atoms with van der Waals surface area (Å²) in [5.41, 5.74) is 0. The molecule has 0 aliphatic rings. The smallest absolute Gasteiger partial charge is 0.305 e. The van der Waals surface area contributed by atoms with E-state index in [0.717, 1.165) is 6.04 Å². The SMILES string of the molecule is C[Si](C)(C)CCOC(=O)CCCCOC=O. The minimum Gasteiger partial charge on any atom is -0.468 e. The van der Waals surface area contributed by atoms with Gasteiger partial charge in [0.15, 0.2) is 0 Å². The first-order valence-electron chi connectivity index (χ1n) is 5.66. The van der Waals surface area contributed by atoms with Gasteiger partial charge in [0.2, 0.25) is 0 Å². The van der Waals surface area contributed by atoms with Crippen molar-refractivity contribution in [1.29, 1.82) is 0 Å². The molecule has 0 amide bonds. The Hall–Kier alpha value is -0.843. The second kappa shape index (κ2) is 8.33. The first-order valence-corrected chi connectivity index (χ1v) is 9.37. The molecule has 0 aliphatic heterocycles. The molecular formula is C11H22O4Si. The summed E-state index contributed by atoms with van der Waals surface area (Å²) in [7, 11) is -1.11. The maximum atomic E-state index is 11.2. The lowest BCUT2D eigenvalue weighted by Gasteiger charge is -2.15. The van der Waals surface area contributed by atoms with Crippen LogP contribution in [0, 0.1) is 0 Å². The van der Waals surface area contributed by atoms with E-state index in [-0.39, 0.29) is 5.97 Å². The Labute approximate surface area is 98.3 Å². The highest BCUT2D eigenvalue weighted by atomic mass is 28.3. The predicted molar refractivity (Wildman–Crippen MR) is 65.0 cm³/mol. The van der Waals surface area contributed by atoms with Gasteiger partial charge in [-0.2, -0.15) is 0 Å². The van der Waals surface area contributed by atoms with Crippen LogP contribution in [0.15, 0.2) is 0 Å². The zero-order valence-electron chi connectivity index (χ0n) is 10.5. The lowest BCUT2D eigenvalue weighted by Crippen LogP contribution is -2.22. The molecule has 0 atom stereocenters. The molecule has 0 bridgehead atoms. The molecule has 0 aliphatic carbocycles. The maximum absolute atomic E-state index is 11.2. The lowest BCUT2D eigenvalue weighted by molar-refractivity contribution is -0.143. The summed E-state index contributed by atoms with van der Waals surface area (Å²) in [6.45, 7) is 8.09. The summed E-state index contributed by atoms with van der Waals surface area (Å²) in [5, 5.41) is 0. The molecule has 16 heavy (non-hydrogen) atoms. The Morgan fingerprint density at radius 2 is 1.88 bits per heavy atom. The van der Waals surface area contributed by atoms with Crippen LogP contribution in [0.4, 0.5) is 0 Å². The number of hydrogen-bond acceptors (Lipinski definition) is 4. The molecule has 0 heterocycles. The minimum absolute atomic E-state index is 0.149. The molecule has 0 rings (SSSR count). The number of ether oxygens (including phenoxy) is 2. The first-order chi connectivity index (χ1) is 7.45. The Kier molecular flexibility index (Phi) is 7.89. The molecule has 0 saturated carbocycles. The van der Waals surface area contributed by atoms with E-state index in [2.05, 4.69) is 24.4 Å². The number of carbonyl (C=O) groups is 2. The Morgan fingerprint density at radius 1 is 1.19 bits per heavy atom. The molecule has 0 aromatic carbocycles. The molecule has 5 heteroatoms. The average molecular weight is 246 g/mol. The van der Waals surface area contributed by atoms with Crippen LogP contribution in [0.2, 0.25) is 25.7 Å². The minimum atomic E-state index is -1.11. The van der Waals surface area contributed by atoms with Crippen molar-refractivity contribution >= 4 is 20.5 Å². The summed E-state index contributed by atoms with van der Waals surface area (Å²) in [6, 6.07) is 1.01. The van der Waals surface area contributed by atoms with E-state index in [9.17, 15) is 9.59 Å². The van der Waals surface area contributed by atoms with Gasteiger partial charge >= 0.3 is 5.97 Å². The molecule has 4 nitrogen and oxygen atoms in total. The van der Waals surface area contributed by atoms with E-state index < -0.39 is 8.07 Å². The molecule has 0 N–H and O–H groups in total. The highest BCUT2D eigenvalue weighted by Gasteiger charge is 2.13. The second-order valence-electron chi connectivity index (χ2n) is 4.96. The summed E-state index contributed by atoms with van der Waals surface area (Å²) in [4.78, 5) is 21.1. The zero-order valence-corrected chi connectivity index (χ0v) is 11.5. The van der Waals surface area contributed by atoms with Crippen molar-refractivity contribution in [2.75, 3.05) is 13.2 Å². The third-order valence-corrected chi connectivity index (χ3v) is 3.78. The topological polar surface area (TPSA) is 52.6 Å². The van der Waals surface area contributed by atoms with Crippen molar-refractivity contribution in [1.82, 2.24) is 0 Å². The van der Waals surface area contributed by atoms with Gasteiger partial charge in [0.05, 0.1) is 13.2 Å². The van der Waals surface area contributed by atoms with Gasteiger partial charge in [-0.3, -0.25) is 9.59 Å². The first kappa shape index (κ1) is 15.2. The van der Waals surface area contributed by atoms with Gasteiger partial charge < -0.3 is 9.47 Å². The highest BCUT2D eigenvalue weighted by Crippen LogP contribution is 2.08. The molecule has 0 saturated heterocycles. The molecule has 0 aromatic rings. The van der Waals surface area contributed by atoms with Crippen LogP contribution < -0.4 is 0 Å². The predicted octanol–water partition coefficient (Wildman–Crippen LogP) is 2.21. The van der Waals surface area contributed by atoms with Gasteiger partial charge in [0, 0.05) is 14.5 Å². The van der Waals surface area contributed by atoms with Gasteiger partial charge in [0.25, 0.3) is 6.47 Å². The average Bonchev–Trinajstić information content (AvgIpc) is 2.15. The number of esters is 1. The van der Waals surface area contributed by atoms with Gasteiger partial charge in [0.1, 0.15) is 0 Å². The monoisotopic (exact) mass is 246 g/mol. The van der Waals surface area contributed by atoms with Crippen molar-refractivity contribution in [3.8, 4) is 0 Å². The van der Waals surface area contributed by atoms with Crippen LogP contribution in [0.3, 0.4) is 0 Å². The number of unbranched alkanes of at least 4 members (excludes halogenated alkanes) is 1. The van der Waals surface area contributed by atoms with Crippen LogP contribution in [0.25, 0.3) is 0 Å². The van der Waals surface area contributed by atoms with Gasteiger partial charge in [-0.15, -0.1) is 0 Å². The fourth-order valence-corrected chi connectivity index (χ4v) is 1.76. The van der Waals surface area contributed by atoms with E-state index in [4.69, 9.17) is 4.74 Å². The van der Waals surface area contributed by atoms with Gasteiger partial charge in [-0.05, 0) is 18.9 Å². The molecule has 94 valence electrons. The van der Waals surface area contributed by atoms with E-state index in [1.165, 1.54) is 0 Å². The largest absolute Gasteiger partial charge is 0.468 e. The third kappa shape index (κ3) is 11.2. The van der Waals surface area contributed by atoms with E-state index in [1.807, 2.05) is 0 Å². The standard InChI is InChI=1S/C11H22O4Si/c1-16(2,3)9-8-15-11(13)6-4-5-7-14-10-12/h10H,4-9H2,1-3H3. The highest BCUT2D eigenvalue weighted by molar-refractivity contribution is 6.76. The Morgan fingerprint density at radius 3 is 2.44 bits per heavy atom.